The minimum Gasteiger partial charge on any atom is -0.466 e. The zero-order chi connectivity index (χ0) is 23.3. The van der Waals surface area contributed by atoms with E-state index in [2.05, 4.69) is 11.3 Å². The van der Waals surface area contributed by atoms with Crippen LogP contribution < -0.4 is 0 Å². The molecule has 0 amide bonds. The Labute approximate surface area is 191 Å². The fourth-order valence-corrected chi connectivity index (χ4v) is 4.36. The summed E-state index contributed by atoms with van der Waals surface area (Å²) < 4.78 is 9.75. The van der Waals surface area contributed by atoms with E-state index in [0.29, 0.717) is 19.4 Å². The van der Waals surface area contributed by atoms with Gasteiger partial charge in [0.15, 0.2) is 0 Å². The molecule has 174 valence electrons. The number of ketones is 1. The predicted octanol–water partition coefficient (Wildman–Crippen LogP) is 4.59. The molecule has 5 nitrogen and oxygen atoms in total. The summed E-state index contributed by atoms with van der Waals surface area (Å²) in [6, 6.07) is 8.02. The molecule has 0 spiro atoms. The molecule has 0 unspecified atom stereocenters. The van der Waals surface area contributed by atoms with Crippen LogP contribution in [0.2, 0.25) is 0 Å². The summed E-state index contributed by atoms with van der Waals surface area (Å²) in [5.41, 5.74) is 2.13. The number of esters is 1. The molecule has 0 heterocycles. The molecule has 5 heteroatoms. The molecule has 1 saturated carbocycles. The molecule has 1 aliphatic rings. The molecule has 2 rings (SSSR count). The number of carbonyl (C=O) groups is 2. The Morgan fingerprint density at radius 3 is 2.78 bits per heavy atom. The number of benzene rings is 1. The van der Waals surface area contributed by atoms with Crippen molar-refractivity contribution in [2.45, 2.75) is 51.2 Å². The van der Waals surface area contributed by atoms with E-state index >= 15 is 0 Å². The first-order valence-corrected chi connectivity index (χ1v) is 11.3. The van der Waals surface area contributed by atoms with Gasteiger partial charge in [-0.2, -0.15) is 0 Å². The monoisotopic (exact) mass is 440 g/mol. The summed E-state index contributed by atoms with van der Waals surface area (Å²) in [5, 5.41) is 10.6. The first kappa shape index (κ1) is 25.8. The second-order valence-corrected chi connectivity index (χ2v) is 8.37. The number of allylic oxidation sites excluding steroid dienone is 3. The highest BCUT2D eigenvalue weighted by Crippen LogP contribution is 2.39. The van der Waals surface area contributed by atoms with E-state index in [1.807, 2.05) is 48.6 Å². The van der Waals surface area contributed by atoms with Crippen molar-refractivity contribution < 1.29 is 24.2 Å². The molecule has 1 aromatic rings. The van der Waals surface area contributed by atoms with E-state index in [-0.39, 0.29) is 29.5 Å². The summed E-state index contributed by atoms with van der Waals surface area (Å²) in [6.45, 7) is 4.46. The van der Waals surface area contributed by atoms with Gasteiger partial charge < -0.3 is 14.6 Å². The topological polar surface area (TPSA) is 72.8 Å². The molecular weight excluding hydrogens is 404 g/mol. The molecule has 1 aliphatic carbocycles. The normalized spacial score (nSPS) is 22.0. The van der Waals surface area contributed by atoms with E-state index in [1.165, 1.54) is 13.2 Å². The lowest BCUT2D eigenvalue weighted by molar-refractivity contribution is -0.134. The second-order valence-electron chi connectivity index (χ2n) is 8.37. The molecule has 0 aromatic heterocycles. The van der Waals surface area contributed by atoms with Crippen molar-refractivity contribution in [3.8, 4) is 0 Å². The van der Waals surface area contributed by atoms with Crippen LogP contribution in [0.4, 0.5) is 0 Å². The van der Waals surface area contributed by atoms with Gasteiger partial charge in [0.05, 0.1) is 19.8 Å². The minimum absolute atomic E-state index is 0.0453. The van der Waals surface area contributed by atoms with Gasteiger partial charge in [-0.25, -0.2) is 4.79 Å². The predicted molar refractivity (Wildman–Crippen MR) is 126 cm³/mol. The Balaban J connectivity index is 1.92. The Morgan fingerprint density at radius 2 is 2.06 bits per heavy atom. The van der Waals surface area contributed by atoms with Gasteiger partial charge in [0.2, 0.25) is 0 Å². The van der Waals surface area contributed by atoms with Gasteiger partial charge in [0.1, 0.15) is 5.78 Å². The third-order valence-corrected chi connectivity index (χ3v) is 6.01. The summed E-state index contributed by atoms with van der Waals surface area (Å²) in [4.78, 5) is 23.7. The molecule has 32 heavy (non-hydrogen) atoms. The third-order valence-electron chi connectivity index (χ3n) is 6.01. The van der Waals surface area contributed by atoms with Crippen molar-refractivity contribution in [2.75, 3.05) is 14.2 Å². The van der Waals surface area contributed by atoms with Crippen LogP contribution in [0, 0.1) is 17.8 Å². The largest absolute Gasteiger partial charge is 0.466 e. The Morgan fingerprint density at radius 1 is 1.28 bits per heavy atom. The quantitative estimate of drug-likeness (QED) is 0.210. The fraction of sp³-hybridized carbons (Fsp3) is 0.481. The van der Waals surface area contributed by atoms with Crippen LogP contribution in [-0.4, -0.2) is 37.2 Å². The minimum atomic E-state index is -0.613. The molecule has 1 N–H and O–H groups in total. The number of unbranched alkanes of at least 4 members (excludes halogenated alkanes) is 2. The van der Waals surface area contributed by atoms with Crippen molar-refractivity contribution in [1.82, 2.24) is 0 Å². The molecule has 4 atom stereocenters. The summed E-state index contributed by atoms with van der Waals surface area (Å²) in [7, 11) is 3.02. The van der Waals surface area contributed by atoms with Crippen molar-refractivity contribution in [3.63, 3.8) is 0 Å². The van der Waals surface area contributed by atoms with Crippen LogP contribution in [0.5, 0.6) is 0 Å². The van der Waals surface area contributed by atoms with Crippen LogP contribution in [0.3, 0.4) is 0 Å². The number of carbonyl (C=O) groups excluding carboxylic acids is 2. The summed E-state index contributed by atoms with van der Waals surface area (Å²) >= 11 is 0. The van der Waals surface area contributed by atoms with Crippen LogP contribution in [-0.2, 0) is 32.1 Å². The van der Waals surface area contributed by atoms with Crippen LogP contribution in [0.25, 0.3) is 0 Å². The zero-order valence-corrected chi connectivity index (χ0v) is 19.2. The van der Waals surface area contributed by atoms with Crippen LogP contribution in [0.1, 0.15) is 43.2 Å². The third kappa shape index (κ3) is 8.21. The van der Waals surface area contributed by atoms with Gasteiger partial charge in [-0.3, -0.25) is 4.79 Å². The zero-order valence-electron chi connectivity index (χ0n) is 19.2. The van der Waals surface area contributed by atoms with Crippen molar-refractivity contribution in [2.24, 2.45) is 17.8 Å². The number of Topliss-reactive ketones (excluding diaryl/α,β-unsaturated/α-hetero) is 1. The first-order valence-electron chi connectivity index (χ1n) is 11.3. The second kappa shape index (κ2) is 13.8. The number of aliphatic hydroxyl groups excluding tert-OH is 1. The van der Waals surface area contributed by atoms with Crippen molar-refractivity contribution >= 4 is 11.8 Å². The van der Waals surface area contributed by atoms with E-state index in [9.17, 15) is 14.7 Å². The number of hydrogen-bond donors (Lipinski definition) is 1. The SMILES string of the molecule is C=C[C@@H]1CC(=O)[C@H](CCCC/C=C/C(=O)OC)[C@H]1/C=C/[C@@H](O)Cc1cccc(COC)c1. The average Bonchev–Trinajstić information content (AvgIpc) is 3.09. The average molecular weight is 441 g/mol. The standard InChI is InChI=1S/C27H36O5/c1-4-22-18-26(29)25(12-7-5-6-8-13-27(30)32-3)24(22)15-14-23(28)17-20-10-9-11-21(16-20)19-31-2/h4,8-11,13-16,22-25,28H,1,5-7,12,17-19H2,2-3H3/b13-8+,15-14+/t22-,23-,24+,25-/m1/s1. The molecule has 0 bridgehead atoms. The lowest BCUT2D eigenvalue weighted by Gasteiger charge is -2.19. The molecule has 1 fully saturated rings. The maximum atomic E-state index is 12.6. The smallest absolute Gasteiger partial charge is 0.330 e. The number of methoxy groups -OCH3 is 2. The van der Waals surface area contributed by atoms with E-state index in [4.69, 9.17) is 4.74 Å². The van der Waals surface area contributed by atoms with E-state index in [0.717, 1.165) is 36.8 Å². The number of hydrogen-bond acceptors (Lipinski definition) is 5. The maximum Gasteiger partial charge on any atom is 0.330 e. The lowest BCUT2D eigenvalue weighted by Crippen LogP contribution is -2.16. The Hall–Kier alpha value is -2.50. The summed E-state index contributed by atoms with van der Waals surface area (Å²) in [5.74, 6) is 0.0618. The lowest BCUT2D eigenvalue weighted by atomic mass is 9.85. The molecular formula is C27H36O5. The number of ether oxygens (including phenoxy) is 2. The van der Waals surface area contributed by atoms with Gasteiger partial charge in [0.25, 0.3) is 0 Å². The van der Waals surface area contributed by atoms with Gasteiger partial charge in [-0.1, -0.05) is 55.0 Å². The molecule has 1 aromatic carbocycles. The van der Waals surface area contributed by atoms with Crippen LogP contribution in [0.15, 0.2) is 61.2 Å². The number of rotatable bonds is 13. The highest BCUT2D eigenvalue weighted by atomic mass is 16.5. The van der Waals surface area contributed by atoms with Crippen molar-refractivity contribution in [3.05, 3.63) is 72.4 Å². The molecule has 0 saturated heterocycles. The fourth-order valence-electron chi connectivity index (χ4n) is 4.36. The van der Waals surface area contributed by atoms with E-state index in [1.54, 1.807) is 7.11 Å². The highest BCUT2D eigenvalue weighted by Gasteiger charge is 2.38. The van der Waals surface area contributed by atoms with Crippen LogP contribution >= 0.6 is 0 Å². The Bertz CT molecular complexity index is 810. The van der Waals surface area contributed by atoms with Crippen molar-refractivity contribution in [1.29, 1.82) is 0 Å². The highest BCUT2D eigenvalue weighted by molar-refractivity contribution is 5.84. The van der Waals surface area contributed by atoms with Gasteiger partial charge >= 0.3 is 5.97 Å². The van der Waals surface area contributed by atoms with Gasteiger partial charge in [-0.05, 0) is 42.2 Å². The molecule has 0 radical (unpaired) electrons. The Kier molecular flexibility index (Phi) is 11.1. The number of aliphatic hydroxyl groups is 1. The maximum absolute atomic E-state index is 12.6. The van der Waals surface area contributed by atoms with Gasteiger partial charge in [-0.15, -0.1) is 6.58 Å². The molecule has 0 aliphatic heterocycles. The summed E-state index contributed by atoms with van der Waals surface area (Å²) in [6.07, 6.45) is 12.8. The first-order chi connectivity index (χ1) is 15.5. The van der Waals surface area contributed by atoms with E-state index < -0.39 is 6.10 Å². The van der Waals surface area contributed by atoms with Gasteiger partial charge in [0, 0.05) is 31.9 Å².